The summed E-state index contributed by atoms with van der Waals surface area (Å²) in [6.45, 7) is 14.2. The van der Waals surface area contributed by atoms with Crippen LogP contribution in [0.5, 0.6) is 5.75 Å². The molecule has 0 fully saturated rings. The molecule has 5 nitrogen and oxygen atoms in total. The molecule has 1 rings (SSSR count). The number of hydrogen-bond donors (Lipinski definition) is 0. The van der Waals surface area contributed by atoms with Crippen molar-refractivity contribution < 1.29 is 22.2 Å². The standard InChI is InChI=1S/C8H20N.C7H8O4S/c1-5-9(6-2,7-3)8-4;1-11-6-2-4-7(5-3-6)12(8,9)10/h5-8H2,1-4H3;2-5H,1H3,(H,8,9,10)/q+1;/p-1. The third kappa shape index (κ3) is 6.46. The monoisotopic (exact) mass is 317 g/mol. The fourth-order valence-corrected chi connectivity index (χ4v) is 2.55. The van der Waals surface area contributed by atoms with Crippen molar-refractivity contribution in [2.75, 3.05) is 33.3 Å². The van der Waals surface area contributed by atoms with E-state index in [-0.39, 0.29) is 4.90 Å². The minimum atomic E-state index is -4.33. The first-order valence-electron chi connectivity index (χ1n) is 7.23. The Morgan fingerprint density at radius 1 is 0.952 bits per heavy atom. The summed E-state index contributed by atoms with van der Waals surface area (Å²) in [6.07, 6.45) is 0. The normalized spacial score (nSPS) is 11.5. The van der Waals surface area contributed by atoms with E-state index in [1.807, 2.05) is 0 Å². The lowest BCUT2D eigenvalue weighted by molar-refractivity contribution is -0.921. The van der Waals surface area contributed by atoms with Gasteiger partial charge in [-0.05, 0) is 52.0 Å². The van der Waals surface area contributed by atoms with Crippen LogP contribution in [0.25, 0.3) is 0 Å². The summed E-state index contributed by atoms with van der Waals surface area (Å²) in [4.78, 5) is -0.247. The van der Waals surface area contributed by atoms with E-state index in [2.05, 4.69) is 27.7 Å². The van der Waals surface area contributed by atoms with Crippen molar-refractivity contribution in [3.63, 3.8) is 0 Å². The van der Waals surface area contributed by atoms with Crippen LogP contribution in [-0.2, 0) is 10.1 Å². The molecule has 0 radical (unpaired) electrons. The van der Waals surface area contributed by atoms with Crippen molar-refractivity contribution in [3.8, 4) is 5.75 Å². The minimum Gasteiger partial charge on any atom is -0.744 e. The fraction of sp³-hybridized carbons (Fsp3) is 0.600. The minimum absolute atomic E-state index is 0.247. The third-order valence-corrected chi connectivity index (χ3v) is 4.88. The second kappa shape index (κ2) is 9.02. The molecule has 1 aromatic rings. The number of ether oxygens (including phenoxy) is 1. The molecule has 0 saturated heterocycles. The van der Waals surface area contributed by atoms with Gasteiger partial charge in [0.25, 0.3) is 0 Å². The first-order valence-corrected chi connectivity index (χ1v) is 8.64. The Morgan fingerprint density at radius 3 is 1.52 bits per heavy atom. The van der Waals surface area contributed by atoms with Crippen LogP contribution in [-0.4, -0.2) is 50.7 Å². The van der Waals surface area contributed by atoms with Gasteiger partial charge in [-0.1, -0.05) is 0 Å². The van der Waals surface area contributed by atoms with Crippen molar-refractivity contribution in [1.82, 2.24) is 0 Å². The fourth-order valence-electron chi connectivity index (χ4n) is 2.08. The number of hydrogen-bond acceptors (Lipinski definition) is 4. The van der Waals surface area contributed by atoms with Gasteiger partial charge in [0.15, 0.2) is 0 Å². The van der Waals surface area contributed by atoms with Gasteiger partial charge in [0.1, 0.15) is 15.9 Å². The van der Waals surface area contributed by atoms with Crippen molar-refractivity contribution in [3.05, 3.63) is 24.3 Å². The Bertz CT molecular complexity index is 475. The molecular formula is C15H27NO4S. The SMILES string of the molecule is CC[N+](CC)(CC)CC.COc1ccc(S(=O)(=O)[O-])cc1. The summed E-state index contributed by atoms with van der Waals surface area (Å²) in [5.74, 6) is 0.516. The van der Waals surface area contributed by atoms with Gasteiger partial charge in [0.2, 0.25) is 0 Å². The average Bonchev–Trinajstić information content (AvgIpc) is 2.50. The molecular weight excluding hydrogens is 290 g/mol. The van der Waals surface area contributed by atoms with E-state index in [9.17, 15) is 13.0 Å². The Hall–Kier alpha value is -1.11. The van der Waals surface area contributed by atoms with Crippen LogP contribution in [0.4, 0.5) is 0 Å². The Labute approximate surface area is 128 Å². The molecule has 6 heteroatoms. The van der Waals surface area contributed by atoms with Gasteiger partial charge >= 0.3 is 0 Å². The van der Waals surface area contributed by atoms with Crippen LogP contribution >= 0.6 is 0 Å². The predicted molar refractivity (Wildman–Crippen MR) is 83.4 cm³/mol. The third-order valence-electron chi connectivity index (χ3n) is 4.03. The van der Waals surface area contributed by atoms with E-state index in [0.29, 0.717) is 5.75 Å². The molecule has 21 heavy (non-hydrogen) atoms. The number of methoxy groups -OCH3 is 1. The largest absolute Gasteiger partial charge is 0.744 e. The van der Waals surface area contributed by atoms with Crippen LogP contribution in [0.3, 0.4) is 0 Å². The molecule has 0 saturated carbocycles. The smallest absolute Gasteiger partial charge is 0.124 e. The van der Waals surface area contributed by atoms with Gasteiger partial charge in [-0.15, -0.1) is 0 Å². The van der Waals surface area contributed by atoms with Gasteiger partial charge in [-0.2, -0.15) is 0 Å². The lowest BCUT2D eigenvalue weighted by atomic mass is 10.3. The van der Waals surface area contributed by atoms with Crippen LogP contribution in [0.2, 0.25) is 0 Å². The maximum Gasteiger partial charge on any atom is 0.124 e. The van der Waals surface area contributed by atoms with Gasteiger partial charge in [-0.3, -0.25) is 0 Å². The topological polar surface area (TPSA) is 66.4 Å². The second-order valence-electron chi connectivity index (χ2n) is 4.74. The number of nitrogens with zero attached hydrogens (tertiary/aromatic N) is 1. The van der Waals surface area contributed by atoms with E-state index in [4.69, 9.17) is 4.74 Å². The van der Waals surface area contributed by atoms with E-state index >= 15 is 0 Å². The highest BCUT2D eigenvalue weighted by molar-refractivity contribution is 7.85. The average molecular weight is 317 g/mol. The summed E-state index contributed by atoms with van der Waals surface area (Å²) >= 11 is 0. The van der Waals surface area contributed by atoms with Crippen LogP contribution in [0.15, 0.2) is 29.2 Å². The zero-order valence-electron chi connectivity index (χ0n) is 13.6. The second-order valence-corrected chi connectivity index (χ2v) is 6.12. The lowest BCUT2D eigenvalue weighted by Gasteiger charge is -2.34. The lowest BCUT2D eigenvalue weighted by Crippen LogP contribution is -2.47. The van der Waals surface area contributed by atoms with Crippen molar-refractivity contribution >= 4 is 10.1 Å². The van der Waals surface area contributed by atoms with Crippen molar-refractivity contribution in [1.29, 1.82) is 0 Å². The summed E-state index contributed by atoms with van der Waals surface area (Å²) in [5, 5.41) is 0. The summed E-state index contributed by atoms with van der Waals surface area (Å²) < 4.78 is 37.4. The molecule has 0 amide bonds. The molecule has 0 atom stereocenters. The van der Waals surface area contributed by atoms with E-state index in [0.717, 1.165) is 0 Å². The molecule has 0 aliphatic rings. The molecule has 0 spiro atoms. The highest BCUT2D eigenvalue weighted by Crippen LogP contribution is 2.14. The van der Waals surface area contributed by atoms with E-state index in [1.165, 1.54) is 62.0 Å². The van der Waals surface area contributed by atoms with Gasteiger partial charge in [-0.25, -0.2) is 8.42 Å². The van der Waals surface area contributed by atoms with E-state index < -0.39 is 10.1 Å². The Morgan fingerprint density at radius 2 is 1.33 bits per heavy atom. The van der Waals surface area contributed by atoms with Gasteiger partial charge in [0, 0.05) is 0 Å². The molecule has 0 aromatic heterocycles. The Balaban J connectivity index is 0.000000400. The molecule has 0 bridgehead atoms. The van der Waals surface area contributed by atoms with Crippen molar-refractivity contribution in [2.24, 2.45) is 0 Å². The maximum atomic E-state index is 10.4. The first-order chi connectivity index (χ1) is 9.78. The molecule has 0 aliphatic carbocycles. The molecule has 122 valence electrons. The van der Waals surface area contributed by atoms with Crippen molar-refractivity contribution in [2.45, 2.75) is 32.6 Å². The highest BCUT2D eigenvalue weighted by Gasteiger charge is 2.16. The molecule has 0 unspecified atom stereocenters. The number of rotatable bonds is 6. The first kappa shape index (κ1) is 19.9. The quantitative estimate of drug-likeness (QED) is 0.597. The van der Waals surface area contributed by atoms with Crippen LogP contribution in [0, 0.1) is 0 Å². The van der Waals surface area contributed by atoms with Gasteiger partial charge < -0.3 is 13.8 Å². The molecule has 0 heterocycles. The van der Waals surface area contributed by atoms with E-state index in [1.54, 1.807) is 0 Å². The predicted octanol–water partition coefficient (Wildman–Crippen LogP) is 2.48. The van der Waals surface area contributed by atoms with Crippen LogP contribution in [0.1, 0.15) is 27.7 Å². The maximum absolute atomic E-state index is 10.4. The van der Waals surface area contributed by atoms with Crippen LogP contribution < -0.4 is 4.74 Å². The summed E-state index contributed by atoms with van der Waals surface area (Å²) in [6, 6.07) is 5.26. The Kier molecular flexibility index (Phi) is 8.54. The molecule has 1 aromatic carbocycles. The number of quaternary nitrogens is 1. The highest BCUT2D eigenvalue weighted by atomic mass is 32.2. The molecule has 0 aliphatic heterocycles. The summed E-state index contributed by atoms with van der Waals surface area (Å²) in [5.41, 5.74) is 0. The van der Waals surface area contributed by atoms with Gasteiger partial charge in [0.05, 0.1) is 38.2 Å². The number of benzene rings is 1. The molecule has 0 N–H and O–H groups in total. The summed E-state index contributed by atoms with van der Waals surface area (Å²) in [7, 11) is -2.87. The zero-order valence-corrected chi connectivity index (χ0v) is 14.4. The zero-order chi connectivity index (χ0) is 16.5.